The number of hydrogen-bond acceptors (Lipinski definition) is 4. The Morgan fingerprint density at radius 2 is 2.00 bits per heavy atom. The van der Waals surface area contributed by atoms with E-state index in [1.807, 2.05) is 19.1 Å². The van der Waals surface area contributed by atoms with Crippen LogP contribution in [0.4, 0.5) is 0 Å². The van der Waals surface area contributed by atoms with Gasteiger partial charge in [0.2, 0.25) is 0 Å². The molecule has 4 nitrogen and oxygen atoms in total. The van der Waals surface area contributed by atoms with E-state index in [4.69, 9.17) is 10.5 Å². The molecule has 4 heteroatoms. The van der Waals surface area contributed by atoms with Crippen molar-refractivity contribution < 1.29 is 9.84 Å². The first-order valence-electron chi connectivity index (χ1n) is 6.48. The molecule has 0 bridgehead atoms. The van der Waals surface area contributed by atoms with Crippen molar-refractivity contribution in [3.8, 4) is 5.75 Å². The fourth-order valence-electron chi connectivity index (χ4n) is 2.33. The van der Waals surface area contributed by atoms with Crippen molar-refractivity contribution in [1.82, 2.24) is 4.90 Å². The van der Waals surface area contributed by atoms with Crippen LogP contribution in [0.1, 0.15) is 25.5 Å². The Hall–Kier alpha value is -1.10. The van der Waals surface area contributed by atoms with E-state index in [1.165, 1.54) is 5.56 Å². The highest BCUT2D eigenvalue weighted by Gasteiger charge is 2.26. The number of phenolic OH excluding ortho intramolecular Hbond substituents is 1. The number of hydrogen-bond donors (Lipinski definition) is 2. The molecule has 1 saturated heterocycles. The molecule has 0 aromatic heterocycles. The lowest BCUT2D eigenvalue weighted by Gasteiger charge is -2.38. The minimum Gasteiger partial charge on any atom is -0.508 e. The molecule has 3 atom stereocenters. The first-order chi connectivity index (χ1) is 8.58. The maximum Gasteiger partial charge on any atom is 0.115 e. The lowest BCUT2D eigenvalue weighted by atomic mass is 10.0. The highest BCUT2D eigenvalue weighted by atomic mass is 16.5. The Morgan fingerprint density at radius 3 is 2.61 bits per heavy atom. The maximum absolute atomic E-state index is 9.31. The third kappa shape index (κ3) is 3.02. The van der Waals surface area contributed by atoms with E-state index in [1.54, 1.807) is 12.1 Å². The molecule has 18 heavy (non-hydrogen) atoms. The second-order valence-electron chi connectivity index (χ2n) is 5.03. The zero-order valence-corrected chi connectivity index (χ0v) is 11.0. The summed E-state index contributed by atoms with van der Waals surface area (Å²) in [5.41, 5.74) is 7.11. The molecule has 0 spiro atoms. The topological polar surface area (TPSA) is 58.7 Å². The van der Waals surface area contributed by atoms with E-state index in [2.05, 4.69) is 11.8 Å². The third-order valence-electron chi connectivity index (χ3n) is 3.63. The largest absolute Gasteiger partial charge is 0.508 e. The number of aromatic hydroxyl groups is 1. The second kappa shape index (κ2) is 5.69. The van der Waals surface area contributed by atoms with E-state index in [-0.39, 0.29) is 12.1 Å². The molecule has 2 rings (SSSR count). The van der Waals surface area contributed by atoms with E-state index in [9.17, 15) is 5.11 Å². The van der Waals surface area contributed by atoms with Gasteiger partial charge in [-0.3, -0.25) is 4.90 Å². The quantitative estimate of drug-likeness (QED) is 0.853. The van der Waals surface area contributed by atoms with Crippen LogP contribution in [0, 0.1) is 0 Å². The van der Waals surface area contributed by atoms with Crippen LogP contribution >= 0.6 is 0 Å². The van der Waals surface area contributed by atoms with E-state index >= 15 is 0 Å². The average Bonchev–Trinajstić information content (AvgIpc) is 2.39. The molecule has 1 fully saturated rings. The molecular formula is C14H22N2O2. The van der Waals surface area contributed by atoms with Crippen LogP contribution in [0.25, 0.3) is 0 Å². The zero-order valence-electron chi connectivity index (χ0n) is 11.0. The van der Waals surface area contributed by atoms with Crippen molar-refractivity contribution in [3.63, 3.8) is 0 Å². The Bertz CT molecular complexity index is 378. The summed E-state index contributed by atoms with van der Waals surface area (Å²) >= 11 is 0. The Balaban J connectivity index is 2.04. The van der Waals surface area contributed by atoms with Crippen molar-refractivity contribution >= 4 is 0 Å². The van der Waals surface area contributed by atoms with Crippen molar-refractivity contribution in [2.45, 2.75) is 32.0 Å². The molecule has 100 valence electrons. The fourth-order valence-corrected chi connectivity index (χ4v) is 2.33. The Kier molecular flexibility index (Phi) is 4.22. The van der Waals surface area contributed by atoms with Gasteiger partial charge in [-0.05, 0) is 31.5 Å². The monoisotopic (exact) mass is 250 g/mol. The highest BCUT2D eigenvalue weighted by molar-refractivity contribution is 5.27. The van der Waals surface area contributed by atoms with E-state index in [0.29, 0.717) is 11.8 Å². The molecule has 3 unspecified atom stereocenters. The molecule has 0 saturated carbocycles. The summed E-state index contributed by atoms with van der Waals surface area (Å²) in [5, 5.41) is 9.31. The minimum atomic E-state index is 0.0554. The Labute approximate surface area is 108 Å². The third-order valence-corrected chi connectivity index (χ3v) is 3.63. The summed E-state index contributed by atoms with van der Waals surface area (Å²) in [7, 11) is 0. The summed E-state index contributed by atoms with van der Waals surface area (Å²) in [4.78, 5) is 2.38. The van der Waals surface area contributed by atoms with Gasteiger partial charge in [0.25, 0.3) is 0 Å². The van der Waals surface area contributed by atoms with Crippen molar-refractivity contribution in [1.29, 1.82) is 0 Å². The maximum atomic E-state index is 9.31. The standard InChI is InChI=1S/C14H22N2O2/c1-10(15)14-9-16(7-8-18-14)11(2)12-3-5-13(17)6-4-12/h3-6,10-11,14,17H,7-9,15H2,1-2H3. The fraction of sp³-hybridized carbons (Fsp3) is 0.571. The minimum absolute atomic E-state index is 0.0554. The van der Waals surface area contributed by atoms with Gasteiger partial charge in [0.05, 0.1) is 12.7 Å². The number of benzene rings is 1. The molecular weight excluding hydrogens is 228 g/mol. The molecule has 1 heterocycles. The van der Waals surface area contributed by atoms with Gasteiger partial charge in [-0.25, -0.2) is 0 Å². The number of nitrogens with two attached hydrogens (primary N) is 1. The van der Waals surface area contributed by atoms with Gasteiger partial charge >= 0.3 is 0 Å². The SMILES string of the molecule is CC(N)C1CN(C(C)c2ccc(O)cc2)CCO1. The first kappa shape index (κ1) is 13.3. The summed E-state index contributed by atoms with van der Waals surface area (Å²) < 4.78 is 5.67. The van der Waals surface area contributed by atoms with Gasteiger partial charge in [-0.2, -0.15) is 0 Å². The predicted octanol–water partition coefficient (Wildman–Crippen LogP) is 1.50. The molecule has 1 aromatic rings. The van der Waals surface area contributed by atoms with Gasteiger partial charge in [-0.15, -0.1) is 0 Å². The van der Waals surface area contributed by atoms with Crippen LogP contribution in [-0.4, -0.2) is 41.8 Å². The molecule has 0 aliphatic carbocycles. The number of morpholine rings is 1. The molecule has 1 aliphatic rings. The smallest absolute Gasteiger partial charge is 0.115 e. The number of nitrogens with zero attached hydrogens (tertiary/aromatic N) is 1. The van der Waals surface area contributed by atoms with Gasteiger partial charge in [0.1, 0.15) is 5.75 Å². The van der Waals surface area contributed by atoms with E-state index in [0.717, 1.165) is 19.7 Å². The molecule has 0 amide bonds. The van der Waals surface area contributed by atoms with Crippen LogP contribution in [0.3, 0.4) is 0 Å². The average molecular weight is 250 g/mol. The summed E-state index contributed by atoms with van der Waals surface area (Å²) in [6, 6.07) is 7.77. The van der Waals surface area contributed by atoms with E-state index < -0.39 is 0 Å². The van der Waals surface area contributed by atoms with Gasteiger partial charge in [-0.1, -0.05) is 12.1 Å². The molecule has 1 aliphatic heterocycles. The summed E-state index contributed by atoms with van der Waals surface area (Å²) in [6.07, 6.45) is 0.110. The molecule has 3 N–H and O–H groups in total. The number of rotatable bonds is 3. The summed E-state index contributed by atoms with van der Waals surface area (Å²) in [5.74, 6) is 0.307. The van der Waals surface area contributed by atoms with Gasteiger partial charge in [0.15, 0.2) is 0 Å². The number of ether oxygens (including phenoxy) is 1. The second-order valence-corrected chi connectivity index (χ2v) is 5.03. The van der Waals surface area contributed by atoms with Crippen molar-refractivity contribution in [2.24, 2.45) is 5.73 Å². The number of phenols is 1. The van der Waals surface area contributed by atoms with Gasteiger partial charge in [0, 0.05) is 25.2 Å². The van der Waals surface area contributed by atoms with Crippen LogP contribution < -0.4 is 5.73 Å². The van der Waals surface area contributed by atoms with Gasteiger partial charge < -0.3 is 15.6 Å². The highest BCUT2D eigenvalue weighted by Crippen LogP contribution is 2.24. The van der Waals surface area contributed by atoms with Crippen molar-refractivity contribution in [2.75, 3.05) is 19.7 Å². The summed E-state index contributed by atoms with van der Waals surface area (Å²) in [6.45, 7) is 6.68. The molecule has 1 aromatic carbocycles. The molecule has 0 radical (unpaired) electrons. The normalized spacial score (nSPS) is 24.7. The Morgan fingerprint density at radius 1 is 1.33 bits per heavy atom. The van der Waals surface area contributed by atoms with Crippen LogP contribution in [-0.2, 0) is 4.74 Å². The van der Waals surface area contributed by atoms with Crippen LogP contribution in [0.5, 0.6) is 5.75 Å². The lowest BCUT2D eigenvalue weighted by molar-refractivity contribution is -0.0498. The lowest BCUT2D eigenvalue weighted by Crippen LogP contribution is -2.50. The zero-order chi connectivity index (χ0) is 13.1. The first-order valence-corrected chi connectivity index (χ1v) is 6.48. The van der Waals surface area contributed by atoms with Crippen LogP contribution in [0.15, 0.2) is 24.3 Å². The predicted molar refractivity (Wildman–Crippen MR) is 71.5 cm³/mol. The van der Waals surface area contributed by atoms with Crippen molar-refractivity contribution in [3.05, 3.63) is 29.8 Å². The van der Waals surface area contributed by atoms with Crippen LogP contribution in [0.2, 0.25) is 0 Å².